The van der Waals surface area contributed by atoms with Gasteiger partial charge in [0.2, 0.25) is 10.0 Å². The Morgan fingerprint density at radius 2 is 1.98 bits per heavy atom. The van der Waals surface area contributed by atoms with E-state index in [0.29, 0.717) is 30.3 Å². The molecular weight excluding hydrogens is 554 g/mol. The smallest absolute Gasteiger partial charge is 0.304 e. The number of sulfonamides is 1. The molecular formula is C30H35N7O4S. The van der Waals surface area contributed by atoms with Crippen LogP contribution in [0.15, 0.2) is 47.5 Å². The molecule has 3 aromatic heterocycles. The van der Waals surface area contributed by atoms with Crippen molar-refractivity contribution in [3.8, 4) is 0 Å². The van der Waals surface area contributed by atoms with Gasteiger partial charge in [0.05, 0.1) is 24.2 Å². The number of aliphatic carboxylic acids is 1. The number of rotatable bonds is 7. The number of anilines is 1. The van der Waals surface area contributed by atoms with Crippen LogP contribution < -0.4 is 4.90 Å². The first-order valence-electron chi connectivity index (χ1n) is 14.4. The summed E-state index contributed by atoms with van der Waals surface area (Å²) in [5.41, 5.74) is 5.33. The predicted molar refractivity (Wildman–Crippen MR) is 158 cm³/mol. The third-order valence-electron chi connectivity index (χ3n) is 8.62. The van der Waals surface area contributed by atoms with Crippen molar-refractivity contribution < 1.29 is 18.3 Å². The van der Waals surface area contributed by atoms with Gasteiger partial charge in [-0.3, -0.25) is 9.78 Å². The molecule has 1 saturated heterocycles. The van der Waals surface area contributed by atoms with Gasteiger partial charge in [-0.05, 0) is 81.0 Å². The lowest BCUT2D eigenvalue weighted by Gasteiger charge is -2.36. The van der Waals surface area contributed by atoms with E-state index in [2.05, 4.69) is 20.2 Å². The number of carboxylic acids is 1. The molecule has 0 amide bonds. The number of aryl methyl sites for hydroxylation is 3. The molecule has 2 aliphatic rings. The van der Waals surface area contributed by atoms with Crippen LogP contribution >= 0.6 is 0 Å². The van der Waals surface area contributed by atoms with Crippen molar-refractivity contribution in [1.29, 1.82) is 0 Å². The van der Waals surface area contributed by atoms with Gasteiger partial charge in [-0.1, -0.05) is 17.3 Å². The first-order valence-corrected chi connectivity index (χ1v) is 15.9. The summed E-state index contributed by atoms with van der Waals surface area (Å²) in [6, 6.07) is 10.9. The van der Waals surface area contributed by atoms with Gasteiger partial charge in [-0.2, -0.15) is 4.31 Å². The Morgan fingerprint density at radius 3 is 2.76 bits per heavy atom. The maximum Gasteiger partial charge on any atom is 0.304 e. The third kappa shape index (κ3) is 4.92. The highest BCUT2D eigenvalue weighted by Gasteiger charge is 2.39. The molecule has 42 heavy (non-hydrogen) atoms. The summed E-state index contributed by atoms with van der Waals surface area (Å²) in [5, 5.41) is 18.5. The average Bonchev–Trinajstić information content (AvgIpc) is 3.38. The van der Waals surface area contributed by atoms with Crippen LogP contribution in [0.4, 0.5) is 5.82 Å². The van der Waals surface area contributed by atoms with Gasteiger partial charge in [0.1, 0.15) is 16.2 Å². The molecule has 2 atom stereocenters. The van der Waals surface area contributed by atoms with Crippen LogP contribution in [-0.4, -0.2) is 67.9 Å². The van der Waals surface area contributed by atoms with Crippen LogP contribution in [0.2, 0.25) is 0 Å². The number of pyridine rings is 2. The fourth-order valence-corrected chi connectivity index (χ4v) is 7.93. The summed E-state index contributed by atoms with van der Waals surface area (Å²) in [6.07, 6.45) is 4.41. The van der Waals surface area contributed by atoms with Gasteiger partial charge < -0.3 is 10.0 Å². The van der Waals surface area contributed by atoms with Crippen LogP contribution in [0, 0.1) is 13.8 Å². The average molecular weight is 590 g/mol. The SMILES string of the molecule is CCn1nnc2c(C)c(C(CC(=O)O)c3ccc(C)c(CN4C[C@H]5CCCCN5c5ncccc5S4(=O)=O)n3)ccc21. The first kappa shape index (κ1) is 28.2. The topological polar surface area (TPSA) is 134 Å². The Labute approximate surface area is 245 Å². The number of hydrogen-bond donors (Lipinski definition) is 1. The summed E-state index contributed by atoms with van der Waals surface area (Å²) in [7, 11) is -3.85. The van der Waals surface area contributed by atoms with Crippen molar-refractivity contribution in [2.75, 3.05) is 18.0 Å². The largest absolute Gasteiger partial charge is 0.481 e. The summed E-state index contributed by atoms with van der Waals surface area (Å²) in [6.45, 7) is 7.71. The van der Waals surface area contributed by atoms with Crippen molar-refractivity contribution in [3.63, 3.8) is 0 Å². The van der Waals surface area contributed by atoms with Crippen LogP contribution in [0.3, 0.4) is 0 Å². The maximum atomic E-state index is 14.0. The van der Waals surface area contributed by atoms with Gasteiger partial charge in [0.15, 0.2) is 0 Å². The van der Waals surface area contributed by atoms with Crippen LogP contribution in [0.1, 0.15) is 66.6 Å². The van der Waals surface area contributed by atoms with Crippen molar-refractivity contribution in [3.05, 3.63) is 70.7 Å². The van der Waals surface area contributed by atoms with Gasteiger partial charge in [-0.25, -0.2) is 18.1 Å². The van der Waals surface area contributed by atoms with Crippen LogP contribution in [0.5, 0.6) is 0 Å². The standard InChI is InChI=1S/C30H35N7O4S/c1-4-37-26-13-11-22(20(3)29(26)33-34-37)23(16-28(38)39)24-12-10-19(2)25(32-24)18-35-17-21-8-5-6-15-36(21)30-27(42(35,40)41)9-7-14-31-30/h7,9-14,21,23H,4-6,8,15-18H2,1-3H3,(H,38,39)/t21-,23?/m1/s1. The number of carboxylic acid groups (broad SMARTS) is 1. The van der Waals surface area contributed by atoms with E-state index in [9.17, 15) is 18.3 Å². The number of hydrogen-bond acceptors (Lipinski definition) is 8. The summed E-state index contributed by atoms with van der Waals surface area (Å²) < 4.78 is 31.3. The number of piperidine rings is 1. The van der Waals surface area contributed by atoms with E-state index in [4.69, 9.17) is 4.98 Å². The van der Waals surface area contributed by atoms with E-state index in [1.54, 1.807) is 18.3 Å². The highest BCUT2D eigenvalue weighted by molar-refractivity contribution is 7.89. The van der Waals surface area contributed by atoms with E-state index in [0.717, 1.165) is 53.5 Å². The molecule has 0 radical (unpaired) electrons. The molecule has 6 rings (SSSR count). The van der Waals surface area contributed by atoms with Gasteiger partial charge >= 0.3 is 5.97 Å². The monoisotopic (exact) mass is 589 g/mol. The predicted octanol–water partition coefficient (Wildman–Crippen LogP) is 4.03. The number of aromatic nitrogens is 5. The molecule has 220 valence electrons. The van der Waals surface area contributed by atoms with Crippen LogP contribution in [0.25, 0.3) is 11.0 Å². The zero-order chi connectivity index (χ0) is 29.6. The second-order valence-electron chi connectivity index (χ2n) is 11.2. The number of nitrogens with zero attached hydrogens (tertiary/aromatic N) is 7. The number of benzene rings is 1. The highest BCUT2D eigenvalue weighted by Crippen LogP contribution is 2.37. The lowest BCUT2D eigenvalue weighted by atomic mass is 9.88. The molecule has 1 unspecified atom stereocenters. The summed E-state index contributed by atoms with van der Waals surface area (Å²) in [5.74, 6) is -0.967. The summed E-state index contributed by atoms with van der Waals surface area (Å²) in [4.78, 5) is 23.9. The van der Waals surface area contributed by atoms with Crippen molar-refractivity contribution >= 4 is 32.8 Å². The number of fused-ring (bicyclic) bond motifs is 4. The second kappa shape index (κ2) is 11.1. The third-order valence-corrected chi connectivity index (χ3v) is 10.5. The Balaban J connectivity index is 1.40. The van der Waals surface area contributed by atoms with Gasteiger partial charge in [-0.15, -0.1) is 5.10 Å². The Kier molecular flexibility index (Phi) is 7.44. The molecule has 0 saturated carbocycles. The molecule has 5 heterocycles. The maximum absolute atomic E-state index is 14.0. The minimum atomic E-state index is -3.85. The molecule has 12 heteroatoms. The molecule has 0 bridgehead atoms. The molecule has 1 fully saturated rings. The zero-order valence-electron chi connectivity index (χ0n) is 24.1. The highest BCUT2D eigenvalue weighted by atomic mass is 32.2. The fraction of sp³-hybridized carbons (Fsp3) is 0.433. The minimum Gasteiger partial charge on any atom is -0.481 e. The normalized spacial score (nSPS) is 19.2. The van der Waals surface area contributed by atoms with E-state index in [1.165, 1.54) is 4.31 Å². The molecule has 11 nitrogen and oxygen atoms in total. The van der Waals surface area contributed by atoms with Crippen molar-refractivity contribution in [2.24, 2.45) is 0 Å². The molecule has 2 aliphatic heterocycles. The van der Waals surface area contributed by atoms with Crippen molar-refractivity contribution in [2.45, 2.75) is 76.4 Å². The quantitative estimate of drug-likeness (QED) is 0.339. The van der Waals surface area contributed by atoms with Gasteiger partial charge in [0.25, 0.3) is 0 Å². The van der Waals surface area contributed by atoms with E-state index in [1.807, 2.05) is 49.7 Å². The van der Waals surface area contributed by atoms with E-state index >= 15 is 0 Å². The lowest BCUT2D eigenvalue weighted by molar-refractivity contribution is -0.137. The molecule has 0 spiro atoms. The lowest BCUT2D eigenvalue weighted by Crippen LogP contribution is -2.45. The number of carbonyl (C=O) groups is 1. The molecule has 1 aromatic carbocycles. The van der Waals surface area contributed by atoms with Crippen LogP contribution in [-0.2, 0) is 27.9 Å². The van der Waals surface area contributed by atoms with Gasteiger partial charge in [0, 0.05) is 43.5 Å². The molecule has 0 aliphatic carbocycles. The second-order valence-corrected chi connectivity index (χ2v) is 13.1. The molecule has 1 N–H and O–H groups in total. The Morgan fingerprint density at radius 1 is 1.14 bits per heavy atom. The Bertz CT molecular complexity index is 1770. The first-order chi connectivity index (χ1) is 20.2. The Hall–Kier alpha value is -3.90. The molecule has 4 aromatic rings. The van der Waals surface area contributed by atoms with Crippen molar-refractivity contribution in [1.82, 2.24) is 29.3 Å². The summed E-state index contributed by atoms with van der Waals surface area (Å²) >= 11 is 0. The van der Waals surface area contributed by atoms with E-state index in [-0.39, 0.29) is 23.9 Å². The zero-order valence-corrected chi connectivity index (χ0v) is 24.9. The van der Waals surface area contributed by atoms with E-state index < -0.39 is 21.9 Å². The minimum absolute atomic E-state index is 0.0267. The fourth-order valence-electron chi connectivity index (χ4n) is 6.34.